The van der Waals surface area contributed by atoms with Crippen LogP contribution in [0.3, 0.4) is 0 Å². The predicted octanol–water partition coefficient (Wildman–Crippen LogP) is 4.84. The van der Waals surface area contributed by atoms with Gasteiger partial charge in [0.05, 0.1) is 19.6 Å². The van der Waals surface area contributed by atoms with Crippen molar-refractivity contribution in [2.75, 3.05) is 19.6 Å². The molecule has 0 aliphatic heterocycles. The highest BCUT2D eigenvalue weighted by Crippen LogP contribution is 2.32. The second kappa shape index (κ2) is 6.94. The molecule has 1 aromatic rings. The normalized spacial score (nSPS) is 11.8. The van der Waals surface area contributed by atoms with Crippen molar-refractivity contribution in [1.29, 1.82) is 0 Å². The summed E-state index contributed by atoms with van der Waals surface area (Å²) in [5, 5.41) is 0. The Bertz CT molecular complexity index is 331. The van der Waals surface area contributed by atoms with Crippen molar-refractivity contribution in [3.63, 3.8) is 0 Å². The molecule has 0 aliphatic carbocycles. The van der Waals surface area contributed by atoms with Gasteiger partial charge >= 0.3 is 0 Å². The van der Waals surface area contributed by atoms with Crippen LogP contribution in [0.1, 0.15) is 51.2 Å². The molecular formula is C17H30N+. The van der Waals surface area contributed by atoms with Gasteiger partial charge in [-0.05, 0) is 33.1 Å². The molecule has 18 heavy (non-hydrogen) atoms. The maximum absolute atomic E-state index is 2.31. The smallest absolute Gasteiger partial charge is 0.138 e. The first-order valence-corrected chi connectivity index (χ1v) is 7.54. The number of quaternary nitrogens is 1. The molecule has 1 nitrogen and oxygen atoms in total. The Labute approximate surface area is 113 Å². The van der Waals surface area contributed by atoms with Gasteiger partial charge in [-0.15, -0.1) is 0 Å². The van der Waals surface area contributed by atoms with Crippen molar-refractivity contribution in [3.05, 3.63) is 29.3 Å². The Morgan fingerprint density at radius 3 is 1.50 bits per heavy atom. The fourth-order valence-electron chi connectivity index (χ4n) is 3.51. The van der Waals surface area contributed by atoms with Crippen molar-refractivity contribution in [3.8, 4) is 0 Å². The van der Waals surface area contributed by atoms with Gasteiger partial charge in [0.15, 0.2) is 0 Å². The molecule has 0 aromatic heterocycles. The Morgan fingerprint density at radius 2 is 1.17 bits per heavy atom. The maximum atomic E-state index is 2.31. The molecule has 1 rings (SSSR count). The van der Waals surface area contributed by atoms with Crippen molar-refractivity contribution in [2.24, 2.45) is 0 Å². The first-order chi connectivity index (χ1) is 8.61. The lowest BCUT2D eigenvalue weighted by Gasteiger charge is -2.40. The highest BCUT2D eigenvalue weighted by Gasteiger charge is 2.30. The van der Waals surface area contributed by atoms with Crippen LogP contribution in [0.5, 0.6) is 0 Å². The standard InChI is InChI=1S/C17H30N/c1-6-12-18(13-7-2,14-8-3)17-15(4)10-9-11-16(17)5/h9-11H,6-8,12-14H2,1-5H3/q+1. The van der Waals surface area contributed by atoms with Crippen LogP contribution in [0.25, 0.3) is 0 Å². The summed E-state index contributed by atoms with van der Waals surface area (Å²) in [6.45, 7) is 15.3. The van der Waals surface area contributed by atoms with E-state index in [1.807, 2.05) is 0 Å². The Kier molecular flexibility index (Phi) is 5.87. The average Bonchev–Trinajstić information content (AvgIpc) is 2.29. The zero-order valence-electron chi connectivity index (χ0n) is 12.9. The third kappa shape index (κ3) is 3.14. The first kappa shape index (κ1) is 15.2. The summed E-state index contributed by atoms with van der Waals surface area (Å²) < 4.78 is 1.18. The van der Waals surface area contributed by atoms with Gasteiger partial charge in [-0.3, -0.25) is 4.48 Å². The minimum Gasteiger partial charge on any atom is -0.291 e. The van der Waals surface area contributed by atoms with E-state index in [4.69, 9.17) is 0 Å². The van der Waals surface area contributed by atoms with Gasteiger partial charge in [-0.1, -0.05) is 39.0 Å². The largest absolute Gasteiger partial charge is 0.291 e. The van der Waals surface area contributed by atoms with Crippen LogP contribution >= 0.6 is 0 Å². The number of hydrogen-bond acceptors (Lipinski definition) is 0. The highest BCUT2D eigenvalue weighted by molar-refractivity contribution is 5.56. The summed E-state index contributed by atoms with van der Waals surface area (Å²) in [5.74, 6) is 0. The van der Waals surface area contributed by atoms with E-state index in [9.17, 15) is 0 Å². The van der Waals surface area contributed by atoms with E-state index in [0.717, 1.165) is 0 Å². The molecule has 0 saturated carbocycles. The number of para-hydroxylation sites is 1. The molecule has 0 fully saturated rings. The van der Waals surface area contributed by atoms with Crippen molar-refractivity contribution in [1.82, 2.24) is 4.48 Å². The van der Waals surface area contributed by atoms with Gasteiger partial charge in [-0.2, -0.15) is 0 Å². The summed E-state index contributed by atoms with van der Waals surface area (Å²) in [6, 6.07) is 6.74. The van der Waals surface area contributed by atoms with Gasteiger partial charge < -0.3 is 0 Å². The molecule has 1 aromatic carbocycles. The van der Waals surface area contributed by atoms with E-state index in [0.29, 0.717) is 0 Å². The van der Waals surface area contributed by atoms with E-state index in [-0.39, 0.29) is 0 Å². The quantitative estimate of drug-likeness (QED) is 0.606. The summed E-state index contributed by atoms with van der Waals surface area (Å²) in [7, 11) is 0. The molecule has 0 aliphatic rings. The van der Waals surface area contributed by atoms with E-state index in [1.165, 1.54) is 54.5 Å². The molecular weight excluding hydrogens is 218 g/mol. The molecule has 0 heterocycles. The SMILES string of the molecule is CCC[N+](CCC)(CCC)c1c(C)cccc1C. The second-order valence-electron chi connectivity index (χ2n) is 5.56. The number of rotatable bonds is 7. The third-order valence-corrected chi connectivity index (χ3v) is 3.87. The van der Waals surface area contributed by atoms with Crippen LogP contribution in [-0.2, 0) is 0 Å². The fourth-order valence-corrected chi connectivity index (χ4v) is 3.51. The van der Waals surface area contributed by atoms with Crippen LogP contribution in [0.4, 0.5) is 5.69 Å². The summed E-state index contributed by atoms with van der Waals surface area (Å²) in [6.07, 6.45) is 3.77. The van der Waals surface area contributed by atoms with Gasteiger partial charge in [-0.25, -0.2) is 0 Å². The Hall–Kier alpha value is -0.820. The number of hydrogen-bond donors (Lipinski definition) is 0. The lowest BCUT2D eigenvalue weighted by Crippen LogP contribution is -2.51. The lowest BCUT2D eigenvalue weighted by atomic mass is 10.0. The third-order valence-electron chi connectivity index (χ3n) is 3.87. The van der Waals surface area contributed by atoms with Crippen LogP contribution in [0, 0.1) is 13.8 Å². The molecule has 0 saturated heterocycles. The Balaban J connectivity index is 3.30. The van der Waals surface area contributed by atoms with Crippen LogP contribution in [-0.4, -0.2) is 19.6 Å². The van der Waals surface area contributed by atoms with Crippen LogP contribution in [0.15, 0.2) is 18.2 Å². The average molecular weight is 248 g/mol. The van der Waals surface area contributed by atoms with Gasteiger partial charge in [0.1, 0.15) is 5.69 Å². The summed E-state index contributed by atoms with van der Waals surface area (Å²) >= 11 is 0. The fraction of sp³-hybridized carbons (Fsp3) is 0.647. The van der Waals surface area contributed by atoms with Crippen molar-refractivity contribution >= 4 is 5.69 Å². The van der Waals surface area contributed by atoms with E-state index in [2.05, 4.69) is 52.8 Å². The minimum atomic E-state index is 1.18. The van der Waals surface area contributed by atoms with Gasteiger partial charge in [0, 0.05) is 11.1 Å². The summed E-state index contributed by atoms with van der Waals surface area (Å²) in [5.41, 5.74) is 4.51. The molecule has 0 amide bonds. The zero-order chi connectivity index (χ0) is 13.6. The van der Waals surface area contributed by atoms with Crippen molar-refractivity contribution in [2.45, 2.75) is 53.9 Å². The lowest BCUT2D eigenvalue weighted by molar-refractivity contribution is 0.270. The minimum absolute atomic E-state index is 1.18. The molecule has 0 atom stereocenters. The predicted molar refractivity (Wildman–Crippen MR) is 83.2 cm³/mol. The number of aryl methyl sites for hydroxylation is 2. The molecule has 0 spiro atoms. The first-order valence-electron chi connectivity index (χ1n) is 7.54. The van der Waals surface area contributed by atoms with Crippen LogP contribution < -0.4 is 4.48 Å². The summed E-state index contributed by atoms with van der Waals surface area (Å²) in [4.78, 5) is 0. The highest BCUT2D eigenvalue weighted by atomic mass is 15.4. The zero-order valence-corrected chi connectivity index (χ0v) is 12.9. The molecule has 1 heteroatoms. The topological polar surface area (TPSA) is 0 Å². The monoisotopic (exact) mass is 248 g/mol. The molecule has 102 valence electrons. The van der Waals surface area contributed by atoms with E-state index in [1.54, 1.807) is 5.69 Å². The molecule has 0 bridgehead atoms. The molecule has 0 N–H and O–H groups in total. The number of benzene rings is 1. The van der Waals surface area contributed by atoms with E-state index >= 15 is 0 Å². The molecule has 0 radical (unpaired) electrons. The molecule has 0 unspecified atom stereocenters. The second-order valence-corrected chi connectivity index (χ2v) is 5.56. The van der Waals surface area contributed by atoms with Crippen molar-refractivity contribution < 1.29 is 0 Å². The van der Waals surface area contributed by atoms with Gasteiger partial charge in [0.25, 0.3) is 0 Å². The van der Waals surface area contributed by atoms with Crippen LogP contribution in [0.2, 0.25) is 0 Å². The Morgan fingerprint density at radius 1 is 0.778 bits per heavy atom. The maximum Gasteiger partial charge on any atom is 0.138 e. The van der Waals surface area contributed by atoms with E-state index < -0.39 is 0 Å². The number of nitrogens with zero attached hydrogens (tertiary/aromatic N) is 1. The van der Waals surface area contributed by atoms with Gasteiger partial charge in [0.2, 0.25) is 0 Å².